The van der Waals surface area contributed by atoms with E-state index in [1.165, 1.54) is 12.1 Å². The van der Waals surface area contributed by atoms with Gasteiger partial charge in [-0.15, -0.1) is 0 Å². The number of hydrogen-bond acceptors (Lipinski definition) is 3. The zero-order valence-corrected chi connectivity index (χ0v) is 11.3. The Hall–Kier alpha value is -2.22. The highest BCUT2D eigenvalue weighted by Gasteiger charge is 2.17. The molecule has 3 N–H and O–H groups in total. The fraction of sp³-hybridized carbons (Fsp3) is 0. The number of halogens is 3. The van der Waals surface area contributed by atoms with Crippen LogP contribution >= 0.6 is 15.9 Å². The first-order valence-electron chi connectivity index (χ1n) is 5.24. The van der Waals surface area contributed by atoms with Gasteiger partial charge in [-0.3, -0.25) is 9.59 Å². The van der Waals surface area contributed by atoms with E-state index in [1.807, 2.05) is 0 Å². The van der Waals surface area contributed by atoms with Crippen LogP contribution in [0.1, 0.15) is 20.9 Å². The average Bonchev–Trinajstić information content (AvgIpc) is 2.79. The maximum atomic E-state index is 13.5. The Kier molecular flexibility index (Phi) is 3.84. The Bertz CT molecular complexity index is 700. The smallest absolute Gasteiger partial charge is 0.291 e. The number of nitrogens with two attached hydrogens (primary N) is 1. The number of furan rings is 1. The predicted molar refractivity (Wildman–Crippen MR) is 69.2 cm³/mol. The number of primary amides is 1. The molecule has 0 aliphatic heterocycles. The summed E-state index contributed by atoms with van der Waals surface area (Å²) in [6.07, 6.45) is 0. The lowest BCUT2D eigenvalue weighted by atomic mass is 10.1. The maximum Gasteiger partial charge on any atom is 0.291 e. The molecule has 0 spiro atoms. The molecule has 0 atom stereocenters. The van der Waals surface area contributed by atoms with Gasteiger partial charge in [-0.25, -0.2) is 8.78 Å². The Balaban J connectivity index is 2.31. The van der Waals surface area contributed by atoms with E-state index in [2.05, 4.69) is 21.2 Å². The highest BCUT2D eigenvalue weighted by atomic mass is 79.9. The fourth-order valence-electron chi connectivity index (χ4n) is 1.45. The van der Waals surface area contributed by atoms with E-state index in [1.54, 1.807) is 0 Å². The molecule has 5 nitrogen and oxygen atoms in total. The van der Waals surface area contributed by atoms with Crippen molar-refractivity contribution in [1.29, 1.82) is 0 Å². The van der Waals surface area contributed by atoms with Crippen molar-refractivity contribution in [3.05, 3.63) is 51.9 Å². The molecule has 0 saturated carbocycles. The zero-order valence-electron chi connectivity index (χ0n) is 9.75. The highest BCUT2D eigenvalue weighted by Crippen LogP contribution is 2.21. The second-order valence-corrected chi connectivity index (χ2v) is 4.52. The first kappa shape index (κ1) is 14.2. The summed E-state index contributed by atoms with van der Waals surface area (Å²) in [5, 5.41) is 2.16. The van der Waals surface area contributed by atoms with E-state index >= 15 is 0 Å². The Morgan fingerprint density at radius 3 is 2.45 bits per heavy atom. The molecule has 0 bridgehead atoms. The molecule has 1 heterocycles. The molecule has 8 heteroatoms. The molecule has 104 valence electrons. The van der Waals surface area contributed by atoms with Gasteiger partial charge in [0.25, 0.3) is 11.8 Å². The minimum atomic E-state index is -1.10. The summed E-state index contributed by atoms with van der Waals surface area (Å²) < 4.78 is 32.1. The summed E-state index contributed by atoms with van der Waals surface area (Å²) in [5.74, 6) is -4.04. The van der Waals surface area contributed by atoms with E-state index in [4.69, 9.17) is 10.2 Å². The summed E-state index contributed by atoms with van der Waals surface area (Å²) in [4.78, 5) is 22.7. The van der Waals surface area contributed by atoms with Gasteiger partial charge in [0.05, 0.1) is 11.3 Å². The lowest BCUT2D eigenvalue weighted by Gasteiger charge is -2.07. The van der Waals surface area contributed by atoms with Crippen LogP contribution in [-0.4, -0.2) is 11.8 Å². The van der Waals surface area contributed by atoms with Gasteiger partial charge < -0.3 is 15.5 Å². The van der Waals surface area contributed by atoms with Crippen molar-refractivity contribution in [2.45, 2.75) is 0 Å². The molecule has 0 aliphatic carbocycles. The zero-order chi connectivity index (χ0) is 14.9. The molecule has 0 radical (unpaired) electrons. The molecular weight excluding hydrogens is 338 g/mol. The standard InChI is InChI=1S/C12H7BrF2N2O3/c13-10-2-1-9(20-10)12(19)17-8-3-5(11(16)18)6(14)4-7(8)15/h1-4H,(H2,16,18)(H,17,19). The minimum Gasteiger partial charge on any atom is -0.444 e. The van der Waals surface area contributed by atoms with Crippen LogP contribution in [0.3, 0.4) is 0 Å². The fourth-order valence-corrected chi connectivity index (χ4v) is 1.76. The number of amides is 2. The average molecular weight is 345 g/mol. The summed E-state index contributed by atoms with van der Waals surface area (Å²) in [6, 6.07) is 4.12. The quantitative estimate of drug-likeness (QED) is 0.897. The van der Waals surface area contributed by atoms with Crippen LogP contribution in [0.2, 0.25) is 0 Å². The van der Waals surface area contributed by atoms with Crippen molar-refractivity contribution in [3.8, 4) is 0 Å². The van der Waals surface area contributed by atoms with Crippen molar-refractivity contribution in [2.24, 2.45) is 5.73 Å². The molecule has 1 aromatic heterocycles. The lowest BCUT2D eigenvalue weighted by molar-refractivity contribution is 0.0985. The van der Waals surface area contributed by atoms with Gasteiger partial charge in [0, 0.05) is 6.07 Å². The molecule has 0 fully saturated rings. The number of anilines is 1. The van der Waals surface area contributed by atoms with E-state index in [0.717, 1.165) is 6.07 Å². The summed E-state index contributed by atoms with van der Waals surface area (Å²) in [5.41, 5.74) is 4.04. The van der Waals surface area contributed by atoms with Crippen LogP contribution in [0.15, 0.2) is 33.4 Å². The monoisotopic (exact) mass is 344 g/mol. The van der Waals surface area contributed by atoms with Crippen molar-refractivity contribution < 1.29 is 22.8 Å². The van der Waals surface area contributed by atoms with Crippen LogP contribution in [-0.2, 0) is 0 Å². The van der Waals surface area contributed by atoms with Crippen molar-refractivity contribution in [3.63, 3.8) is 0 Å². The van der Waals surface area contributed by atoms with Gasteiger partial charge in [0.15, 0.2) is 10.4 Å². The largest absolute Gasteiger partial charge is 0.444 e. The first-order valence-corrected chi connectivity index (χ1v) is 6.03. The van der Waals surface area contributed by atoms with Crippen molar-refractivity contribution in [2.75, 3.05) is 5.32 Å². The second-order valence-electron chi connectivity index (χ2n) is 3.73. The maximum absolute atomic E-state index is 13.5. The Labute approximate surface area is 119 Å². The summed E-state index contributed by atoms with van der Waals surface area (Å²) in [7, 11) is 0. The molecule has 0 unspecified atom stereocenters. The van der Waals surface area contributed by atoms with E-state index < -0.39 is 29.0 Å². The number of carbonyl (C=O) groups excluding carboxylic acids is 2. The van der Waals surface area contributed by atoms with Crippen LogP contribution < -0.4 is 11.1 Å². The minimum absolute atomic E-state index is 0.0822. The number of carbonyl (C=O) groups is 2. The van der Waals surface area contributed by atoms with Crippen LogP contribution in [0, 0.1) is 11.6 Å². The molecule has 2 aromatic rings. The van der Waals surface area contributed by atoms with Gasteiger partial charge >= 0.3 is 0 Å². The molecular formula is C12H7BrF2N2O3. The van der Waals surface area contributed by atoms with Crippen LogP contribution in [0.5, 0.6) is 0 Å². The van der Waals surface area contributed by atoms with Crippen molar-refractivity contribution in [1.82, 2.24) is 0 Å². The molecule has 0 saturated heterocycles. The number of nitrogens with one attached hydrogen (secondary N) is 1. The van der Waals surface area contributed by atoms with Gasteiger partial charge in [0.2, 0.25) is 0 Å². The second kappa shape index (κ2) is 5.41. The molecule has 2 amide bonds. The number of benzene rings is 1. The normalized spacial score (nSPS) is 10.3. The molecule has 1 aromatic carbocycles. The van der Waals surface area contributed by atoms with Gasteiger partial charge in [0.1, 0.15) is 11.6 Å². The third-order valence-electron chi connectivity index (χ3n) is 2.37. The highest BCUT2D eigenvalue weighted by molar-refractivity contribution is 9.10. The number of rotatable bonds is 3. The summed E-state index contributed by atoms with van der Waals surface area (Å²) in [6.45, 7) is 0. The lowest BCUT2D eigenvalue weighted by Crippen LogP contribution is -2.17. The van der Waals surface area contributed by atoms with Gasteiger partial charge in [-0.1, -0.05) is 0 Å². The molecule has 2 rings (SSSR count). The van der Waals surface area contributed by atoms with Crippen molar-refractivity contribution >= 4 is 33.4 Å². The van der Waals surface area contributed by atoms with Gasteiger partial charge in [-0.05, 0) is 34.1 Å². The molecule has 0 aliphatic rings. The third kappa shape index (κ3) is 2.85. The topological polar surface area (TPSA) is 85.3 Å². The first-order chi connectivity index (χ1) is 9.38. The van der Waals surface area contributed by atoms with E-state index in [-0.39, 0.29) is 11.4 Å². The van der Waals surface area contributed by atoms with Crippen LogP contribution in [0.4, 0.5) is 14.5 Å². The van der Waals surface area contributed by atoms with E-state index in [0.29, 0.717) is 10.7 Å². The number of hydrogen-bond donors (Lipinski definition) is 2. The van der Waals surface area contributed by atoms with Gasteiger partial charge in [-0.2, -0.15) is 0 Å². The Morgan fingerprint density at radius 2 is 1.90 bits per heavy atom. The Morgan fingerprint density at radius 1 is 1.20 bits per heavy atom. The van der Waals surface area contributed by atoms with E-state index in [9.17, 15) is 18.4 Å². The van der Waals surface area contributed by atoms with Crippen LogP contribution in [0.25, 0.3) is 0 Å². The predicted octanol–water partition coefficient (Wildman–Crippen LogP) is 2.67. The summed E-state index contributed by atoms with van der Waals surface area (Å²) >= 11 is 3.01. The third-order valence-corrected chi connectivity index (χ3v) is 2.79. The molecule has 20 heavy (non-hydrogen) atoms. The SMILES string of the molecule is NC(=O)c1cc(NC(=O)c2ccc(Br)o2)c(F)cc1F.